The Morgan fingerprint density at radius 3 is 2.61 bits per heavy atom. The molecule has 3 aromatic carbocycles. The first-order valence-corrected chi connectivity index (χ1v) is 12.3. The van der Waals surface area contributed by atoms with Gasteiger partial charge in [-0.25, -0.2) is 0 Å². The van der Waals surface area contributed by atoms with Crippen LogP contribution >= 0.6 is 23.4 Å². The second kappa shape index (κ2) is 10.5. The molecule has 0 spiro atoms. The molecule has 1 heterocycles. The molecule has 0 aromatic heterocycles. The van der Waals surface area contributed by atoms with E-state index in [4.69, 9.17) is 11.6 Å². The zero-order valence-corrected chi connectivity index (χ0v) is 20.5. The Labute approximate surface area is 205 Å². The van der Waals surface area contributed by atoms with Gasteiger partial charge in [0.15, 0.2) is 0 Å². The van der Waals surface area contributed by atoms with E-state index in [0.717, 1.165) is 39.8 Å². The van der Waals surface area contributed by atoms with Gasteiger partial charge in [0.1, 0.15) is 6.54 Å². The molecule has 4 nitrogen and oxygen atoms in total. The zero-order valence-electron chi connectivity index (χ0n) is 19.0. The minimum absolute atomic E-state index is 0.0668. The third-order valence-corrected chi connectivity index (χ3v) is 7.22. The number of hydrogen-bond acceptors (Lipinski definition) is 3. The van der Waals surface area contributed by atoms with Crippen LogP contribution in [0.5, 0.6) is 0 Å². The molecule has 1 atom stereocenters. The second-order valence-electron chi connectivity index (χ2n) is 8.54. The molecule has 0 fully saturated rings. The van der Waals surface area contributed by atoms with Gasteiger partial charge in [0.2, 0.25) is 0 Å². The number of anilines is 1. The first-order chi connectivity index (χ1) is 15.9. The number of benzene rings is 3. The van der Waals surface area contributed by atoms with Gasteiger partial charge >= 0.3 is 0 Å². The molecule has 1 aliphatic heterocycles. The minimum Gasteiger partial charge on any atom is -0.355 e. The fraction of sp³-hybridized carbons (Fsp3) is 0.222. The van der Waals surface area contributed by atoms with E-state index in [9.17, 15) is 4.79 Å². The SMILES string of the molecule is C=C1Nc2cc(C(=O)NCC[NH+](Cc3ccccc3)C(C)C)ccc2Sc2ccc(Cl)cc21. The number of rotatable bonds is 7. The lowest BCUT2D eigenvalue weighted by Crippen LogP contribution is -3.14. The Morgan fingerprint density at radius 1 is 1.09 bits per heavy atom. The largest absolute Gasteiger partial charge is 0.355 e. The molecular formula is C27H29ClN3OS+. The molecule has 0 saturated carbocycles. The lowest BCUT2D eigenvalue weighted by molar-refractivity contribution is -0.933. The number of quaternary nitrogens is 1. The quantitative estimate of drug-likeness (QED) is 0.442. The van der Waals surface area contributed by atoms with Gasteiger partial charge in [-0.15, -0.1) is 0 Å². The van der Waals surface area contributed by atoms with Crippen molar-refractivity contribution in [1.29, 1.82) is 0 Å². The summed E-state index contributed by atoms with van der Waals surface area (Å²) >= 11 is 7.82. The van der Waals surface area contributed by atoms with Crippen molar-refractivity contribution < 1.29 is 9.69 Å². The van der Waals surface area contributed by atoms with Gasteiger partial charge in [0.25, 0.3) is 5.91 Å². The molecular weight excluding hydrogens is 450 g/mol. The van der Waals surface area contributed by atoms with Crippen molar-refractivity contribution in [3.63, 3.8) is 0 Å². The molecule has 0 bridgehead atoms. The van der Waals surface area contributed by atoms with Crippen molar-refractivity contribution in [2.45, 2.75) is 36.2 Å². The Hall–Kier alpha value is -2.73. The second-order valence-corrected chi connectivity index (χ2v) is 10.1. The highest BCUT2D eigenvalue weighted by Crippen LogP contribution is 2.42. The summed E-state index contributed by atoms with van der Waals surface area (Å²) in [5, 5.41) is 7.13. The van der Waals surface area contributed by atoms with Gasteiger partial charge in [-0.3, -0.25) is 4.79 Å². The Kier molecular flexibility index (Phi) is 7.43. The predicted octanol–water partition coefficient (Wildman–Crippen LogP) is 5.11. The number of carbonyl (C=O) groups is 1. The molecule has 6 heteroatoms. The zero-order chi connectivity index (χ0) is 23.4. The highest BCUT2D eigenvalue weighted by atomic mass is 35.5. The lowest BCUT2D eigenvalue weighted by Gasteiger charge is -2.23. The summed E-state index contributed by atoms with van der Waals surface area (Å²) in [5.41, 5.74) is 4.57. The first-order valence-electron chi connectivity index (χ1n) is 11.1. The van der Waals surface area contributed by atoms with Crippen LogP contribution in [0.4, 0.5) is 5.69 Å². The van der Waals surface area contributed by atoms with Crippen molar-refractivity contribution in [1.82, 2.24) is 5.32 Å². The maximum Gasteiger partial charge on any atom is 0.251 e. The average molecular weight is 479 g/mol. The van der Waals surface area contributed by atoms with Gasteiger partial charge in [-0.2, -0.15) is 0 Å². The number of amides is 1. The maximum atomic E-state index is 12.9. The van der Waals surface area contributed by atoms with Crippen molar-refractivity contribution in [3.05, 3.63) is 95.0 Å². The van der Waals surface area contributed by atoms with E-state index in [1.807, 2.05) is 42.5 Å². The van der Waals surface area contributed by atoms with Gasteiger partial charge in [0, 0.05) is 37.2 Å². The molecule has 1 unspecified atom stereocenters. The number of nitrogens with one attached hydrogen (secondary N) is 3. The molecule has 3 N–H and O–H groups in total. The molecule has 33 heavy (non-hydrogen) atoms. The third-order valence-electron chi connectivity index (χ3n) is 5.84. The Bertz CT molecular complexity index is 1160. The van der Waals surface area contributed by atoms with E-state index in [-0.39, 0.29) is 5.91 Å². The maximum absolute atomic E-state index is 12.9. The summed E-state index contributed by atoms with van der Waals surface area (Å²) < 4.78 is 0. The van der Waals surface area contributed by atoms with Crippen LogP contribution in [-0.4, -0.2) is 25.0 Å². The summed E-state index contributed by atoms with van der Waals surface area (Å²) in [7, 11) is 0. The summed E-state index contributed by atoms with van der Waals surface area (Å²) in [6.07, 6.45) is 0. The normalized spacial score (nSPS) is 13.5. The van der Waals surface area contributed by atoms with Crippen molar-refractivity contribution in [2.75, 3.05) is 18.4 Å². The van der Waals surface area contributed by atoms with Crippen molar-refractivity contribution >= 4 is 40.7 Å². The van der Waals surface area contributed by atoms with Gasteiger partial charge in [-0.05, 0) is 50.2 Å². The van der Waals surface area contributed by atoms with E-state index in [0.29, 0.717) is 23.2 Å². The van der Waals surface area contributed by atoms with Gasteiger partial charge in [0.05, 0.1) is 24.8 Å². The topological polar surface area (TPSA) is 45.6 Å². The van der Waals surface area contributed by atoms with E-state index < -0.39 is 0 Å². The smallest absolute Gasteiger partial charge is 0.251 e. The highest BCUT2D eigenvalue weighted by Gasteiger charge is 2.19. The molecule has 1 aliphatic rings. The van der Waals surface area contributed by atoms with E-state index >= 15 is 0 Å². The average Bonchev–Trinajstić information content (AvgIpc) is 2.94. The van der Waals surface area contributed by atoms with Gasteiger partial charge in [-0.1, -0.05) is 60.3 Å². The lowest BCUT2D eigenvalue weighted by atomic mass is 10.1. The van der Waals surface area contributed by atoms with Crippen LogP contribution in [0.25, 0.3) is 5.70 Å². The molecule has 170 valence electrons. The molecule has 1 amide bonds. The molecule has 4 rings (SSSR count). The summed E-state index contributed by atoms with van der Waals surface area (Å²) in [4.78, 5) is 16.4. The fourth-order valence-corrected chi connectivity index (χ4v) is 5.10. The van der Waals surface area contributed by atoms with Crippen LogP contribution in [0, 0.1) is 0 Å². The fourth-order valence-electron chi connectivity index (χ4n) is 3.91. The molecule has 0 aliphatic carbocycles. The van der Waals surface area contributed by atoms with Crippen LogP contribution < -0.4 is 15.5 Å². The third kappa shape index (κ3) is 5.80. The number of carbonyl (C=O) groups excluding carboxylic acids is 1. The van der Waals surface area contributed by atoms with Crippen LogP contribution in [0.2, 0.25) is 5.02 Å². The standard InChI is InChI=1S/C27H28ClN3OS/c1-18(2)31(17-20-7-5-4-6-8-20)14-13-29-27(32)21-9-11-26-24(15-21)30-19(3)23-16-22(28)10-12-25(23)33-26/h4-12,15-16,18,30H,3,13-14,17H2,1-2H3,(H,29,32)/p+1. The Balaban J connectivity index is 1.40. The number of hydrogen-bond donors (Lipinski definition) is 3. The molecule has 0 saturated heterocycles. The van der Waals surface area contributed by atoms with Crippen LogP contribution in [0.3, 0.4) is 0 Å². The first kappa shape index (κ1) is 23.4. The van der Waals surface area contributed by atoms with Crippen molar-refractivity contribution in [3.8, 4) is 0 Å². The Morgan fingerprint density at radius 2 is 1.85 bits per heavy atom. The van der Waals surface area contributed by atoms with Crippen LogP contribution in [0.15, 0.2) is 83.1 Å². The highest BCUT2D eigenvalue weighted by molar-refractivity contribution is 7.99. The number of fused-ring (bicyclic) bond motifs is 2. The minimum atomic E-state index is -0.0668. The van der Waals surface area contributed by atoms with Crippen LogP contribution in [-0.2, 0) is 6.54 Å². The van der Waals surface area contributed by atoms with Gasteiger partial charge < -0.3 is 15.5 Å². The molecule has 0 radical (unpaired) electrons. The summed E-state index contributed by atoms with van der Waals surface area (Å²) in [6.45, 7) is 11.0. The van der Waals surface area contributed by atoms with E-state index in [1.165, 1.54) is 10.5 Å². The predicted molar refractivity (Wildman–Crippen MR) is 138 cm³/mol. The van der Waals surface area contributed by atoms with E-state index in [2.05, 4.69) is 55.3 Å². The number of halogens is 1. The summed E-state index contributed by atoms with van der Waals surface area (Å²) in [6, 6.07) is 22.5. The monoisotopic (exact) mass is 478 g/mol. The van der Waals surface area contributed by atoms with E-state index in [1.54, 1.807) is 11.8 Å². The van der Waals surface area contributed by atoms with Crippen LogP contribution in [0.1, 0.15) is 35.3 Å². The van der Waals surface area contributed by atoms with Crippen molar-refractivity contribution in [2.24, 2.45) is 0 Å². The molecule has 3 aromatic rings. The summed E-state index contributed by atoms with van der Waals surface area (Å²) in [5.74, 6) is -0.0668.